The fourth-order valence-electron chi connectivity index (χ4n) is 0.994. The van der Waals surface area contributed by atoms with Gasteiger partial charge in [-0.1, -0.05) is 30.3 Å². The number of carbonyl (C=O) groups excluding carboxylic acids is 2. The third-order valence-corrected chi connectivity index (χ3v) is 1.66. The first-order valence-electron chi connectivity index (χ1n) is 4.23. The van der Waals surface area contributed by atoms with Gasteiger partial charge in [-0.2, -0.15) is 0 Å². The minimum Gasteiger partial charge on any atom is -0.463 e. The molecule has 1 rings (SSSR count). The summed E-state index contributed by atoms with van der Waals surface area (Å²) in [5, 5.41) is 0. The van der Waals surface area contributed by atoms with E-state index in [9.17, 15) is 9.59 Å². The molecule has 0 spiro atoms. The minimum absolute atomic E-state index is 0.140. The number of hydrogen-bond acceptors (Lipinski definition) is 4. The maximum absolute atomic E-state index is 11.1. The van der Waals surface area contributed by atoms with Crippen LogP contribution in [0.5, 0.6) is 0 Å². The minimum atomic E-state index is -0.689. The average Bonchev–Trinajstić information content (AvgIpc) is 2.29. The Hall–Kier alpha value is -2.10. The van der Waals surface area contributed by atoms with Crippen LogP contribution >= 0.6 is 0 Å². The maximum Gasteiger partial charge on any atom is 0.374 e. The first-order valence-corrected chi connectivity index (χ1v) is 4.23. The van der Waals surface area contributed by atoms with E-state index in [1.54, 1.807) is 12.1 Å². The van der Waals surface area contributed by atoms with Gasteiger partial charge in [0.15, 0.2) is 0 Å². The molecular formula is C11H10O4. The van der Waals surface area contributed by atoms with E-state index in [4.69, 9.17) is 0 Å². The van der Waals surface area contributed by atoms with Crippen molar-refractivity contribution in [2.24, 2.45) is 0 Å². The van der Waals surface area contributed by atoms with Crippen LogP contribution in [0.3, 0.4) is 0 Å². The second-order valence-corrected chi connectivity index (χ2v) is 2.62. The van der Waals surface area contributed by atoms with E-state index < -0.39 is 5.97 Å². The van der Waals surface area contributed by atoms with Crippen molar-refractivity contribution in [2.75, 3.05) is 7.11 Å². The summed E-state index contributed by atoms with van der Waals surface area (Å²) < 4.78 is 8.95. The quantitative estimate of drug-likeness (QED) is 0.323. The summed E-state index contributed by atoms with van der Waals surface area (Å²) in [5.41, 5.74) is 0.750. The molecule has 4 heteroatoms. The van der Waals surface area contributed by atoms with Crippen LogP contribution in [0.2, 0.25) is 0 Å². The van der Waals surface area contributed by atoms with Crippen LogP contribution in [-0.2, 0) is 19.1 Å². The SMILES string of the molecule is COC(=O)/C(=C/c1ccccc1)OC=O. The Morgan fingerprint density at radius 1 is 1.27 bits per heavy atom. The number of carbonyl (C=O) groups is 2. The molecule has 4 nitrogen and oxygen atoms in total. The molecule has 0 saturated carbocycles. The molecule has 0 saturated heterocycles. The maximum atomic E-state index is 11.1. The van der Waals surface area contributed by atoms with Gasteiger partial charge in [-0.15, -0.1) is 0 Å². The van der Waals surface area contributed by atoms with Crippen LogP contribution in [0, 0.1) is 0 Å². The molecule has 0 N–H and O–H groups in total. The summed E-state index contributed by atoms with van der Waals surface area (Å²) in [6, 6.07) is 9.01. The van der Waals surface area contributed by atoms with Crippen molar-refractivity contribution in [2.45, 2.75) is 0 Å². The molecule has 0 radical (unpaired) electrons. The lowest BCUT2D eigenvalue weighted by Gasteiger charge is -2.01. The summed E-state index contributed by atoms with van der Waals surface area (Å²) in [5.74, 6) is -0.829. The molecule has 0 heterocycles. The molecular weight excluding hydrogens is 196 g/mol. The molecule has 15 heavy (non-hydrogen) atoms. The predicted molar refractivity (Wildman–Crippen MR) is 53.6 cm³/mol. The lowest BCUT2D eigenvalue weighted by Crippen LogP contribution is -2.07. The van der Waals surface area contributed by atoms with Crippen LogP contribution in [0.1, 0.15) is 5.56 Å². The van der Waals surface area contributed by atoms with Gasteiger partial charge in [-0.25, -0.2) is 4.79 Å². The first kappa shape index (κ1) is 11.0. The summed E-state index contributed by atoms with van der Waals surface area (Å²) in [6.45, 7) is 0.186. The van der Waals surface area contributed by atoms with Crippen LogP contribution in [0.15, 0.2) is 36.1 Å². The number of benzene rings is 1. The zero-order valence-electron chi connectivity index (χ0n) is 8.17. The summed E-state index contributed by atoms with van der Waals surface area (Å²) in [7, 11) is 1.22. The third kappa shape index (κ3) is 3.27. The molecule has 0 amide bonds. The zero-order chi connectivity index (χ0) is 11.1. The lowest BCUT2D eigenvalue weighted by atomic mass is 10.2. The Morgan fingerprint density at radius 3 is 2.47 bits per heavy atom. The lowest BCUT2D eigenvalue weighted by molar-refractivity contribution is -0.143. The van der Waals surface area contributed by atoms with E-state index in [-0.39, 0.29) is 12.2 Å². The predicted octanol–water partition coefficient (Wildman–Crippen LogP) is 1.37. The first-order chi connectivity index (χ1) is 7.27. The van der Waals surface area contributed by atoms with Gasteiger partial charge in [0.25, 0.3) is 6.47 Å². The zero-order valence-corrected chi connectivity index (χ0v) is 8.17. The van der Waals surface area contributed by atoms with Gasteiger partial charge < -0.3 is 9.47 Å². The van der Waals surface area contributed by atoms with E-state index in [0.29, 0.717) is 0 Å². The molecule has 0 fully saturated rings. The van der Waals surface area contributed by atoms with Crippen molar-refractivity contribution in [3.8, 4) is 0 Å². The van der Waals surface area contributed by atoms with Crippen LogP contribution in [0.4, 0.5) is 0 Å². The molecule has 1 aromatic carbocycles. The van der Waals surface area contributed by atoms with Crippen molar-refractivity contribution < 1.29 is 19.1 Å². The van der Waals surface area contributed by atoms with Gasteiger partial charge in [0.05, 0.1) is 7.11 Å². The van der Waals surface area contributed by atoms with Crippen LogP contribution in [-0.4, -0.2) is 19.6 Å². The Balaban J connectivity index is 2.93. The average molecular weight is 206 g/mol. The third-order valence-electron chi connectivity index (χ3n) is 1.66. The van der Waals surface area contributed by atoms with Crippen molar-refractivity contribution in [1.82, 2.24) is 0 Å². The molecule has 0 aliphatic carbocycles. The fourth-order valence-corrected chi connectivity index (χ4v) is 0.994. The highest BCUT2D eigenvalue weighted by atomic mass is 16.6. The monoisotopic (exact) mass is 206 g/mol. The highest BCUT2D eigenvalue weighted by molar-refractivity contribution is 5.92. The van der Waals surface area contributed by atoms with Gasteiger partial charge in [0.2, 0.25) is 5.76 Å². The number of methoxy groups -OCH3 is 1. The fraction of sp³-hybridized carbons (Fsp3) is 0.0909. The van der Waals surface area contributed by atoms with E-state index in [0.717, 1.165) is 5.56 Å². The van der Waals surface area contributed by atoms with E-state index >= 15 is 0 Å². The standard InChI is InChI=1S/C11H10O4/c1-14-11(13)10(15-8-12)7-9-5-3-2-4-6-9/h2-8H,1H3/b10-7-. The Morgan fingerprint density at radius 2 is 1.93 bits per heavy atom. The largest absolute Gasteiger partial charge is 0.463 e. The Bertz CT molecular complexity index is 367. The molecule has 1 aromatic rings. The number of esters is 1. The second kappa shape index (κ2) is 5.59. The van der Waals surface area contributed by atoms with Crippen molar-refractivity contribution in [1.29, 1.82) is 0 Å². The molecule has 0 aliphatic heterocycles. The van der Waals surface area contributed by atoms with Gasteiger partial charge in [-0.3, -0.25) is 4.79 Å². The van der Waals surface area contributed by atoms with Gasteiger partial charge >= 0.3 is 5.97 Å². The van der Waals surface area contributed by atoms with E-state index in [1.807, 2.05) is 18.2 Å². The van der Waals surface area contributed by atoms with Gasteiger partial charge in [0, 0.05) is 0 Å². The van der Waals surface area contributed by atoms with Crippen LogP contribution < -0.4 is 0 Å². The highest BCUT2D eigenvalue weighted by Crippen LogP contribution is 2.08. The normalized spacial score (nSPS) is 10.6. The van der Waals surface area contributed by atoms with Crippen molar-refractivity contribution >= 4 is 18.5 Å². The Labute approximate surface area is 87.1 Å². The molecule has 0 aromatic heterocycles. The number of rotatable bonds is 4. The molecule has 0 bridgehead atoms. The summed E-state index contributed by atoms with van der Waals surface area (Å²) >= 11 is 0. The van der Waals surface area contributed by atoms with E-state index in [1.165, 1.54) is 13.2 Å². The Kier molecular flexibility index (Phi) is 4.09. The topological polar surface area (TPSA) is 52.6 Å². The molecule has 78 valence electrons. The molecule has 0 aliphatic rings. The van der Waals surface area contributed by atoms with Crippen molar-refractivity contribution in [3.05, 3.63) is 41.7 Å². The van der Waals surface area contributed by atoms with E-state index in [2.05, 4.69) is 9.47 Å². The number of ether oxygens (including phenoxy) is 2. The summed E-state index contributed by atoms with van der Waals surface area (Å²) in [6.07, 6.45) is 1.43. The van der Waals surface area contributed by atoms with Crippen LogP contribution in [0.25, 0.3) is 6.08 Å². The van der Waals surface area contributed by atoms with Gasteiger partial charge in [-0.05, 0) is 11.6 Å². The molecule has 0 unspecified atom stereocenters. The summed E-state index contributed by atoms with van der Waals surface area (Å²) in [4.78, 5) is 21.3. The molecule has 0 atom stereocenters. The van der Waals surface area contributed by atoms with Gasteiger partial charge in [0.1, 0.15) is 0 Å². The number of hydrogen-bond donors (Lipinski definition) is 0. The van der Waals surface area contributed by atoms with Crippen molar-refractivity contribution in [3.63, 3.8) is 0 Å². The smallest absolute Gasteiger partial charge is 0.374 e. The second-order valence-electron chi connectivity index (χ2n) is 2.62. The highest BCUT2D eigenvalue weighted by Gasteiger charge is 2.10.